The van der Waals surface area contributed by atoms with Crippen LogP contribution in [0.2, 0.25) is 5.02 Å². The van der Waals surface area contributed by atoms with Crippen LogP contribution >= 0.6 is 11.6 Å². The molecule has 21 heavy (non-hydrogen) atoms. The molecule has 2 aromatic rings. The van der Waals surface area contributed by atoms with Crippen LogP contribution in [0, 0.1) is 0 Å². The summed E-state index contributed by atoms with van der Waals surface area (Å²) in [7, 11) is 0. The largest absolute Gasteiger partial charge is 0.417 e. The lowest BCUT2D eigenvalue weighted by Crippen LogP contribution is -2.18. The van der Waals surface area contributed by atoms with E-state index in [1.807, 2.05) is 6.07 Å². The quantitative estimate of drug-likeness (QED) is 0.826. The van der Waals surface area contributed by atoms with Crippen LogP contribution in [0.25, 0.3) is 5.69 Å². The summed E-state index contributed by atoms with van der Waals surface area (Å²) >= 11 is 5.66. The van der Waals surface area contributed by atoms with Crippen molar-refractivity contribution in [3.05, 3.63) is 52.3 Å². The summed E-state index contributed by atoms with van der Waals surface area (Å²) in [6, 6.07) is 5.82. The highest BCUT2D eigenvalue weighted by molar-refractivity contribution is 6.31. The van der Waals surface area contributed by atoms with E-state index in [0.717, 1.165) is 36.6 Å². The highest BCUT2D eigenvalue weighted by atomic mass is 35.5. The van der Waals surface area contributed by atoms with Crippen LogP contribution < -0.4 is 5.73 Å². The highest BCUT2D eigenvalue weighted by Crippen LogP contribution is 2.37. The average molecular weight is 315 g/mol. The molecule has 0 fully saturated rings. The van der Waals surface area contributed by atoms with Crippen molar-refractivity contribution in [2.24, 2.45) is 5.73 Å². The Bertz CT molecular complexity index is 676. The summed E-state index contributed by atoms with van der Waals surface area (Å²) in [5.41, 5.74) is 7.70. The molecule has 1 aliphatic carbocycles. The lowest BCUT2D eigenvalue weighted by molar-refractivity contribution is -0.137. The lowest BCUT2D eigenvalue weighted by atomic mass is 9.93. The summed E-state index contributed by atoms with van der Waals surface area (Å²) < 4.78 is 40.7. The van der Waals surface area contributed by atoms with Crippen molar-refractivity contribution in [3.63, 3.8) is 0 Å². The summed E-state index contributed by atoms with van der Waals surface area (Å²) in [4.78, 5) is 0. The number of aromatic nitrogens is 1. The maximum atomic E-state index is 13.0. The number of hydrogen-bond acceptors (Lipinski definition) is 1. The maximum absolute atomic E-state index is 13.0. The molecule has 2 nitrogen and oxygen atoms in total. The predicted molar refractivity (Wildman–Crippen MR) is 75.6 cm³/mol. The van der Waals surface area contributed by atoms with Gasteiger partial charge < -0.3 is 10.3 Å². The standard InChI is InChI=1S/C15H14ClF3N2/c16-12-5-4-9(8-11(12)15(17,18)19)21-7-6-10-13(20)2-1-3-14(10)21/h4-8,13H,1-3,20H2. The van der Waals surface area contributed by atoms with Gasteiger partial charge in [0.2, 0.25) is 0 Å². The SMILES string of the molecule is NC1CCCc2c1ccn2-c1ccc(Cl)c(C(F)(F)F)c1. The molecule has 1 aromatic heterocycles. The number of hydrogen-bond donors (Lipinski definition) is 1. The first-order valence-electron chi connectivity index (χ1n) is 6.71. The fraction of sp³-hybridized carbons (Fsp3) is 0.333. The van der Waals surface area contributed by atoms with Gasteiger partial charge in [-0.05, 0) is 49.1 Å². The molecule has 0 radical (unpaired) electrons. The van der Waals surface area contributed by atoms with Crippen molar-refractivity contribution < 1.29 is 13.2 Å². The van der Waals surface area contributed by atoms with Gasteiger partial charge in [0.15, 0.2) is 0 Å². The van der Waals surface area contributed by atoms with Crippen LogP contribution in [-0.4, -0.2) is 4.57 Å². The van der Waals surface area contributed by atoms with E-state index in [9.17, 15) is 13.2 Å². The number of benzene rings is 1. The number of nitrogens with two attached hydrogens (primary N) is 1. The molecule has 3 rings (SSSR count). The molecule has 0 saturated carbocycles. The second-order valence-corrected chi connectivity index (χ2v) is 5.66. The van der Waals surface area contributed by atoms with Gasteiger partial charge in [0.1, 0.15) is 0 Å². The fourth-order valence-corrected chi connectivity index (χ4v) is 3.07. The molecule has 0 saturated heterocycles. The zero-order valence-corrected chi connectivity index (χ0v) is 11.9. The second kappa shape index (κ2) is 5.07. The number of fused-ring (bicyclic) bond motifs is 1. The van der Waals surface area contributed by atoms with Crippen LogP contribution in [0.15, 0.2) is 30.5 Å². The Hall–Kier alpha value is -1.46. The van der Waals surface area contributed by atoms with Crippen molar-refractivity contribution >= 4 is 11.6 Å². The van der Waals surface area contributed by atoms with Crippen LogP contribution in [-0.2, 0) is 12.6 Å². The second-order valence-electron chi connectivity index (χ2n) is 5.25. The first-order chi connectivity index (χ1) is 9.88. The molecule has 1 aliphatic rings. The van der Waals surface area contributed by atoms with E-state index >= 15 is 0 Å². The smallest absolute Gasteiger partial charge is 0.324 e. The van der Waals surface area contributed by atoms with E-state index in [1.165, 1.54) is 6.07 Å². The Balaban J connectivity index is 2.10. The number of nitrogens with zero attached hydrogens (tertiary/aromatic N) is 1. The van der Waals surface area contributed by atoms with Crippen molar-refractivity contribution in [1.29, 1.82) is 0 Å². The topological polar surface area (TPSA) is 30.9 Å². The minimum atomic E-state index is -4.46. The molecular formula is C15H14ClF3N2. The van der Waals surface area contributed by atoms with Gasteiger partial charge in [-0.3, -0.25) is 0 Å². The molecule has 0 aliphatic heterocycles. The third kappa shape index (κ3) is 2.56. The van der Waals surface area contributed by atoms with Gasteiger partial charge in [0, 0.05) is 23.6 Å². The maximum Gasteiger partial charge on any atom is 0.417 e. The van der Waals surface area contributed by atoms with Gasteiger partial charge >= 0.3 is 6.18 Å². The van der Waals surface area contributed by atoms with Gasteiger partial charge in [-0.25, -0.2) is 0 Å². The van der Waals surface area contributed by atoms with Crippen molar-refractivity contribution in [3.8, 4) is 5.69 Å². The fourth-order valence-electron chi connectivity index (χ4n) is 2.85. The predicted octanol–water partition coefficient (Wildman–Crippen LogP) is 4.49. The number of halogens is 4. The highest BCUT2D eigenvalue weighted by Gasteiger charge is 2.33. The summed E-state index contributed by atoms with van der Waals surface area (Å²) in [5, 5.41) is -0.288. The van der Waals surface area contributed by atoms with E-state index in [-0.39, 0.29) is 11.1 Å². The third-order valence-electron chi connectivity index (χ3n) is 3.89. The van der Waals surface area contributed by atoms with Crippen molar-refractivity contribution in [2.45, 2.75) is 31.5 Å². The Morgan fingerprint density at radius 3 is 2.71 bits per heavy atom. The molecule has 1 aromatic carbocycles. The van der Waals surface area contributed by atoms with Crippen LogP contribution in [0.4, 0.5) is 13.2 Å². The van der Waals surface area contributed by atoms with Gasteiger partial charge in [-0.2, -0.15) is 13.2 Å². The average Bonchev–Trinajstić information content (AvgIpc) is 2.83. The van der Waals surface area contributed by atoms with E-state index in [2.05, 4.69) is 0 Å². The zero-order chi connectivity index (χ0) is 15.2. The van der Waals surface area contributed by atoms with E-state index in [0.29, 0.717) is 5.69 Å². The normalized spacial score (nSPS) is 18.6. The van der Waals surface area contributed by atoms with Gasteiger partial charge in [0.05, 0.1) is 10.6 Å². The monoisotopic (exact) mass is 314 g/mol. The van der Waals surface area contributed by atoms with E-state index in [4.69, 9.17) is 17.3 Å². The molecule has 1 atom stereocenters. The summed E-state index contributed by atoms with van der Waals surface area (Å²) in [6.07, 6.45) is -0.0146. The van der Waals surface area contributed by atoms with Crippen molar-refractivity contribution in [1.82, 2.24) is 4.57 Å². The molecule has 6 heteroatoms. The summed E-state index contributed by atoms with van der Waals surface area (Å²) in [5.74, 6) is 0. The molecule has 0 bridgehead atoms. The molecular weight excluding hydrogens is 301 g/mol. The zero-order valence-electron chi connectivity index (χ0n) is 11.1. The molecule has 112 valence electrons. The Morgan fingerprint density at radius 1 is 1.24 bits per heavy atom. The van der Waals surface area contributed by atoms with Gasteiger partial charge in [-0.1, -0.05) is 11.6 Å². The Kier molecular flexibility index (Phi) is 3.50. The van der Waals surface area contributed by atoms with Crippen LogP contribution in [0.3, 0.4) is 0 Å². The molecule has 1 unspecified atom stereocenters. The number of rotatable bonds is 1. The molecule has 0 amide bonds. The van der Waals surface area contributed by atoms with E-state index < -0.39 is 11.7 Å². The summed E-state index contributed by atoms with van der Waals surface area (Å²) in [6.45, 7) is 0. The van der Waals surface area contributed by atoms with Gasteiger partial charge in [0.25, 0.3) is 0 Å². The van der Waals surface area contributed by atoms with Crippen LogP contribution in [0.1, 0.15) is 35.7 Å². The first-order valence-corrected chi connectivity index (χ1v) is 7.08. The minimum absolute atomic E-state index is 0.0376. The van der Waals surface area contributed by atoms with Crippen molar-refractivity contribution in [2.75, 3.05) is 0 Å². The third-order valence-corrected chi connectivity index (χ3v) is 4.22. The molecule has 1 heterocycles. The van der Waals surface area contributed by atoms with Gasteiger partial charge in [-0.15, -0.1) is 0 Å². The Labute approximate surface area is 125 Å². The van der Waals surface area contributed by atoms with Crippen LogP contribution in [0.5, 0.6) is 0 Å². The Morgan fingerprint density at radius 2 is 2.00 bits per heavy atom. The lowest BCUT2D eigenvalue weighted by Gasteiger charge is -2.21. The first kappa shape index (κ1) is 14.5. The molecule has 2 N–H and O–H groups in total. The minimum Gasteiger partial charge on any atom is -0.324 e. The molecule has 0 spiro atoms. The number of alkyl halides is 3. The van der Waals surface area contributed by atoms with E-state index in [1.54, 1.807) is 16.8 Å².